The van der Waals surface area contributed by atoms with Gasteiger partial charge in [-0.25, -0.2) is 14.4 Å². The zero-order chi connectivity index (χ0) is 39.7. The van der Waals surface area contributed by atoms with Crippen molar-refractivity contribution < 1.29 is 48.3 Å². The smallest absolute Gasteiger partial charge is 0.338 e. The molecule has 296 valence electrons. The molecule has 0 heterocycles. The van der Waals surface area contributed by atoms with Gasteiger partial charge in [0.2, 0.25) is 0 Å². The van der Waals surface area contributed by atoms with Crippen LogP contribution >= 0.6 is 0 Å². The number of carboxylic acids is 1. The zero-order valence-electron chi connectivity index (χ0n) is 31.1. The van der Waals surface area contributed by atoms with Crippen LogP contribution in [0.15, 0.2) is 104 Å². The summed E-state index contributed by atoms with van der Waals surface area (Å²) in [4.78, 5) is 37.3. The number of rotatable bonds is 26. The van der Waals surface area contributed by atoms with Crippen LogP contribution in [-0.4, -0.2) is 143 Å². The number of esters is 2. The number of aliphatic hydroxyl groups is 1. The molecular formula is C36H47N9O10. The first-order valence-electron chi connectivity index (χ1n) is 17.2. The lowest BCUT2D eigenvalue weighted by Crippen LogP contribution is -2.27. The number of nitrogens with zero attached hydrogens (tertiary/aromatic N) is 9. The second-order valence-electron chi connectivity index (χ2n) is 11.4. The molecule has 0 spiro atoms. The Balaban J connectivity index is 1.64. The van der Waals surface area contributed by atoms with Crippen molar-refractivity contribution in [1.29, 1.82) is 0 Å². The van der Waals surface area contributed by atoms with E-state index in [0.717, 1.165) is 0 Å². The summed E-state index contributed by atoms with van der Waals surface area (Å²) in [6.45, 7) is 2.76. The summed E-state index contributed by atoms with van der Waals surface area (Å²) in [6.07, 6.45) is 0. The van der Waals surface area contributed by atoms with Crippen molar-refractivity contribution in [2.24, 2.45) is 31.0 Å². The quantitative estimate of drug-likeness (QED) is 0.0629. The van der Waals surface area contributed by atoms with E-state index < -0.39 is 17.9 Å². The fourth-order valence-electron chi connectivity index (χ4n) is 4.40. The molecule has 3 aromatic carbocycles. The van der Waals surface area contributed by atoms with Crippen LogP contribution in [-0.2, 0) is 23.7 Å². The van der Waals surface area contributed by atoms with Crippen LogP contribution < -0.4 is 0 Å². The van der Waals surface area contributed by atoms with E-state index in [-0.39, 0.29) is 61.8 Å². The molecule has 3 rings (SSSR count). The number of aromatic carboxylic acids is 1. The van der Waals surface area contributed by atoms with Gasteiger partial charge in [-0.2, -0.15) is 0 Å². The molecule has 0 radical (unpaired) electrons. The van der Waals surface area contributed by atoms with Crippen LogP contribution in [0.4, 0.5) is 17.1 Å². The maximum atomic E-state index is 13.0. The molecule has 0 saturated heterocycles. The first-order valence-corrected chi connectivity index (χ1v) is 17.2. The Bertz CT molecular complexity index is 1720. The third-order valence-corrected chi connectivity index (χ3v) is 7.30. The fraction of sp³-hybridized carbons (Fsp3) is 0.417. The van der Waals surface area contributed by atoms with Gasteiger partial charge in [-0.05, 0) is 54.6 Å². The molecule has 3 aromatic rings. The molecule has 0 aliphatic rings. The highest BCUT2D eigenvalue weighted by Crippen LogP contribution is 2.19. The molecule has 0 amide bonds. The number of hydrogen-bond donors (Lipinski definition) is 2. The fourth-order valence-corrected chi connectivity index (χ4v) is 4.40. The van der Waals surface area contributed by atoms with E-state index in [0.29, 0.717) is 50.8 Å². The van der Waals surface area contributed by atoms with Crippen LogP contribution in [0, 0.1) is 0 Å². The number of carbonyl (C=O) groups excluding carboxylic acids is 2. The van der Waals surface area contributed by atoms with E-state index >= 15 is 0 Å². The van der Waals surface area contributed by atoms with Crippen LogP contribution in [0.2, 0.25) is 0 Å². The molecule has 0 atom stereocenters. The Labute approximate surface area is 318 Å². The third-order valence-electron chi connectivity index (χ3n) is 7.30. The molecule has 0 saturated carbocycles. The molecule has 0 aliphatic heterocycles. The maximum Gasteiger partial charge on any atom is 0.338 e. The normalized spacial score (nSPS) is 11.3. The van der Waals surface area contributed by atoms with Gasteiger partial charge in [0, 0.05) is 21.3 Å². The number of carboxylic acid groups (broad SMARTS) is 1. The molecule has 2 N–H and O–H groups in total. The van der Waals surface area contributed by atoms with E-state index in [1.54, 1.807) is 79.9 Å². The van der Waals surface area contributed by atoms with E-state index in [9.17, 15) is 24.6 Å². The summed E-state index contributed by atoms with van der Waals surface area (Å²) in [7, 11) is 4.75. The lowest BCUT2D eigenvalue weighted by Gasteiger charge is -2.18. The molecule has 0 bridgehead atoms. The first kappa shape index (κ1) is 43.5. The number of ether oxygens (including phenoxy) is 5. The number of benzene rings is 3. The highest BCUT2D eigenvalue weighted by atomic mass is 16.5. The molecule has 0 unspecified atom stereocenters. The molecule has 55 heavy (non-hydrogen) atoms. The monoisotopic (exact) mass is 765 g/mol. The lowest BCUT2D eigenvalue weighted by atomic mass is 10.2. The van der Waals surface area contributed by atoms with Gasteiger partial charge >= 0.3 is 17.9 Å². The summed E-state index contributed by atoms with van der Waals surface area (Å²) < 4.78 is 26.3. The Kier molecular flexibility index (Phi) is 19.9. The van der Waals surface area contributed by atoms with Crippen molar-refractivity contribution in [2.45, 2.75) is 0 Å². The molecule has 0 fully saturated rings. The van der Waals surface area contributed by atoms with Gasteiger partial charge in [-0.1, -0.05) is 33.9 Å². The summed E-state index contributed by atoms with van der Waals surface area (Å²) in [5.41, 5.74) is 1.63. The van der Waals surface area contributed by atoms with Gasteiger partial charge in [0.05, 0.1) is 99.4 Å². The number of carbonyl (C=O) groups is 3. The van der Waals surface area contributed by atoms with Crippen LogP contribution in [0.25, 0.3) is 0 Å². The van der Waals surface area contributed by atoms with E-state index in [2.05, 4.69) is 31.0 Å². The Hall–Kier alpha value is -5.89. The number of hydrogen-bond acceptors (Lipinski definition) is 15. The van der Waals surface area contributed by atoms with Gasteiger partial charge in [-0.15, -0.1) is 15.3 Å². The number of aliphatic hydroxyl groups excluding tert-OH is 1. The second-order valence-corrected chi connectivity index (χ2v) is 11.4. The van der Waals surface area contributed by atoms with Gasteiger partial charge in [0.25, 0.3) is 0 Å². The summed E-state index contributed by atoms with van der Waals surface area (Å²) in [5.74, 6) is -2.36. The van der Waals surface area contributed by atoms with Gasteiger partial charge in [0.1, 0.15) is 13.2 Å². The Morgan fingerprint density at radius 3 is 1.24 bits per heavy atom. The Morgan fingerprint density at radius 2 is 0.873 bits per heavy atom. The molecule has 19 nitrogen and oxygen atoms in total. The Morgan fingerprint density at radius 1 is 0.527 bits per heavy atom. The predicted molar refractivity (Wildman–Crippen MR) is 198 cm³/mol. The van der Waals surface area contributed by atoms with Gasteiger partial charge in [-0.3, -0.25) is 15.0 Å². The average molecular weight is 766 g/mol. The summed E-state index contributed by atoms with van der Waals surface area (Å²) in [6, 6.07) is 18.8. The minimum absolute atomic E-state index is 0.0307. The van der Waals surface area contributed by atoms with Gasteiger partial charge < -0.3 is 33.9 Å². The third kappa shape index (κ3) is 16.8. The standard InChI is InChI=1S/C36H47N9O10/c1-51-20-14-43(13-19-46)40-38-32-11-5-8-29(26-32)35(49)54-23-17-45(42-37-31-10-4-7-28(25-31)34(47)48)18-24-55-36(50)30-9-6-12-33(27-30)39-41-44(15-21-52-2)16-22-53-3/h4-12,25-27,46H,13-24H2,1-3H3,(H,47,48)/b40-38+,41-39-,42-37+. The maximum absolute atomic E-state index is 13.0. The van der Waals surface area contributed by atoms with Crippen molar-refractivity contribution in [2.75, 3.05) is 100 Å². The SMILES string of the molecule is COCCN(CCOC)/N=N\c1cccc(C(=O)OCCN(CCOC(=O)c2cccc(/N=N/N(CCO)CCOC)c2)/N=N/c2cccc(C(=O)O)c2)c1. The van der Waals surface area contributed by atoms with Crippen LogP contribution in [0.3, 0.4) is 0 Å². The van der Waals surface area contributed by atoms with Crippen molar-refractivity contribution >= 4 is 35.0 Å². The first-order chi connectivity index (χ1) is 26.8. The topological polar surface area (TPSA) is 222 Å². The van der Waals surface area contributed by atoms with Gasteiger partial charge in [0.15, 0.2) is 0 Å². The van der Waals surface area contributed by atoms with E-state index in [1.165, 1.54) is 29.3 Å². The largest absolute Gasteiger partial charge is 0.478 e. The molecule has 0 aromatic heterocycles. The lowest BCUT2D eigenvalue weighted by molar-refractivity contribution is 0.0391. The molecular weight excluding hydrogens is 718 g/mol. The highest BCUT2D eigenvalue weighted by Gasteiger charge is 2.13. The molecule has 19 heteroatoms. The van der Waals surface area contributed by atoms with E-state index in [1.807, 2.05) is 0 Å². The summed E-state index contributed by atoms with van der Waals surface area (Å²) >= 11 is 0. The van der Waals surface area contributed by atoms with E-state index in [4.69, 9.17) is 23.7 Å². The van der Waals surface area contributed by atoms with Crippen molar-refractivity contribution in [3.63, 3.8) is 0 Å². The highest BCUT2D eigenvalue weighted by molar-refractivity contribution is 5.91. The molecule has 0 aliphatic carbocycles. The predicted octanol–water partition coefficient (Wildman–Crippen LogP) is 4.93. The second kappa shape index (κ2) is 25.2. The number of methoxy groups -OCH3 is 3. The minimum Gasteiger partial charge on any atom is -0.478 e. The summed E-state index contributed by atoms with van der Waals surface area (Å²) in [5, 5.41) is 48.3. The van der Waals surface area contributed by atoms with Crippen LogP contribution in [0.5, 0.6) is 0 Å². The minimum atomic E-state index is -1.12. The zero-order valence-corrected chi connectivity index (χ0v) is 31.1. The van der Waals surface area contributed by atoms with Crippen molar-refractivity contribution in [1.82, 2.24) is 15.0 Å². The van der Waals surface area contributed by atoms with Crippen molar-refractivity contribution in [3.05, 3.63) is 89.5 Å². The van der Waals surface area contributed by atoms with Crippen LogP contribution in [0.1, 0.15) is 31.1 Å². The van der Waals surface area contributed by atoms with Crippen molar-refractivity contribution in [3.8, 4) is 0 Å². The average Bonchev–Trinajstić information content (AvgIpc) is 3.20.